The molecule has 1 aliphatic rings. The maximum absolute atomic E-state index is 12.1. The summed E-state index contributed by atoms with van der Waals surface area (Å²) in [4.78, 5) is 13.9. The number of likely N-dealkylation sites (N-methyl/N-ethyl adjacent to an activating group) is 1. The molecular formula is C13H17ClN2O2. The van der Waals surface area contributed by atoms with Gasteiger partial charge in [-0.25, -0.2) is 0 Å². The maximum atomic E-state index is 12.1. The van der Waals surface area contributed by atoms with Crippen LogP contribution in [0.5, 0.6) is 0 Å². The van der Waals surface area contributed by atoms with E-state index in [2.05, 4.69) is 5.32 Å². The Kier molecular flexibility index (Phi) is 4.22. The molecule has 1 fully saturated rings. The lowest BCUT2D eigenvalue weighted by Gasteiger charge is -2.36. The summed E-state index contributed by atoms with van der Waals surface area (Å²) >= 11 is 5.95. The minimum atomic E-state index is -0.00748. The molecule has 0 aliphatic carbocycles. The Hall–Kier alpha value is -1.10. The number of aryl methyl sites for hydroxylation is 1. The van der Waals surface area contributed by atoms with E-state index in [0.717, 1.165) is 11.3 Å². The fourth-order valence-corrected chi connectivity index (χ4v) is 2.46. The number of nitrogens with zero attached hydrogens (tertiary/aromatic N) is 1. The molecule has 5 heteroatoms. The Morgan fingerprint density at radius 3 is 3.00 bits per heavy atom. The number of rotatable bonds is 3. The van der Waals surface area contributed by atoms with Gasteiger partial charge in [0.05, 0.1) is 12.6 Å². The quantitative estimate of drug-likeness (QED) is 0.905. The fourth-order valence-electron chi connectivity index (χ4n) is 2.24. The number of benzene rings is 1. The standard InChI is InChI=1S/C13H17ClN2O2/c1-9-5-10(14)3-4-12(9)16-11(6-15-2)7-18-8-13(16)17/h3-5,11,15H,6-8H2,1-2H3. The van der Waals surface area contributed by atoms with Gasteiger partial charge in [-0.3, -0.25) is 4.79 Å². The van der Waals surface area contributed by atoms with Crippen molar-refractivity contribution in [3.8, 4) is 0 Å². The third-order valence-corrected chi connectivity index (χ3v) is 3.26. The Balaban J connectivity index is 2.34. The first-order valence-corrected chi connectivity index (χ1v) is 6.32. The maximum Gasteiger partial charge on any atom is 0.253 e. The molecule has 4 nitrogen and oxygen atoms in total. The van der Waals surface area contributed by atoms with Crippen LogP contribution in [0.1, 0.15) is 5.56 Å². The molecule has 0 spiro atoms. The molecule has 0 bridgehead atoms. The van der Waals surface area contributed by atoms with Crippen LogP contribution in [0, 0.1) is 6.92 Å². The molecule has 98 valence electrons. The molecule has 1 aromatic rings. The van der Waals surface area contributed by atoms with Crippen molar-refractivity contribution < 1.29 is 9.53 Å². The number of carbonyl (C=O) groups excluding carboxylic acids is 1. The molecule has 0 saturated carbocycles. The van der Waals surface area contributed by atoms with Crippen molar-refractivity contribution in [2.75, 3.05) is 31.7 Å². The van der Waals surface area contributed by atoms with Gasteiger partial charge in [0.15, 0.2) is 0 Å². The fraction of sp³-hybridized carbons (Fsp3) is 0.462. The lowest BCUT2D eigenvalue weighted by atomic mass is 10.1. The largest absolute Gasteiger partial charge is 0.369 e. The van der Waals surface area contributed by atoms with Crippen LogP contribution in [0.4, 0.5) is 5.69 Å². The van der Waals surface area contributed by atoms with E-state index in [0.29, 0.717) is 18.2 Å². The number of nitrogens with one attached hydrogen (secondary N) is 1. The second-order valence-corrected chi connectivity index (χ2v) is 4.86. The molecule has 1 aliphatic heterocycles. The van der Waals surface area contributed by atoms with Gasteiger partial charge in [0.2, 0.25) is 0 Å². The van der Waals surface area contributed by atoms with E-state index >= 15 is 0 Å². The Bertz CT molecular complexity index is 449. The summed E-state index contributed by atoms with van der Waals surface area (Å²) in [6.45, 7) is 3.35. The lowest BCUT2D eigenvalue weighted by Crippen LogP contribution is -2.53. The minimum Gasteiger partial charge on any atom is -0.369 e. The molecular weight excluding hydrogens is 252 g/mol. The average molecular weight is 269 g/mol. The smallest absolute Gasteiger partial charge is 0.253 e. The molecule has 2 rings (SSSR count). The third kappa shape index (κ3) is 2.66. The van der Waals surface area contributed by atoms with Crippen LogP contribution >= 0.6 is 11.6 Å². The van der Waals surface area contributed by atoms with Gasteiger partial charge in [-0.05, 0) is 37.7 Å². The van der Waals surface area contributed by atoms with Crippen molar-refractivity contribution in [1.82, 2.24) is 5.32 Å². The molecule has 0 radical (unpaired) electrons. The SMILES string of the molecule is CNCC1COCC(=O)N1c1ccc(Cl)cc1C. The summed E-state index contributed by atoms with van der Waals surface area (Å²) in [5.41, 5.74) is 1.91. The van der Waals surface area contributed by atoms with E-state index in [1.165, 1.54) is 0 Å². The Morgan fingerprint density at radius 1 is 1.56 bits per heavy atom. The molecule has 0 aromatic heterocycles. The molecule has 1 atom stereocenters. The molecule has 18 heavy (non-hydrogen) atoms. The van der Waals surface area contributed by atoms with Crippen LogP contribution in [-0.4, -0.2) is 38.8 Å². The number of amides is 1. The Labute approximate surface area is 112 Å². The van der Waals surface area contributed by atoms with Crippen molar-refractivity contribution in [3.63, 3.8) is 0 Å². The lowest BCUT2D eigenvalue weighted by molar-refractivity contribution is -0.127. The molecule has 1 heterocycles. The summed E-state index contributed by atoms with van der Waals surface area (Å²) in [5, 5.41) is 3.77. The minimum absolute atomic E-state index is 0.00748. The second kappa shape index (κ2) is 5.69. The van der Waals surface area contributed by atoms with Crippen LogP contribution in [0.2, 0.25) is 5.02 Å². The van der Waals surface area contributed by atoms with Gasteiger partial charge < -0.3 is 15.0 Å². The first-order valence-electron chi connectivity index (χ1n) is 5.94. The van der Waals surface area contributed by atoms with Gasteiger partial charge in [0.1, 0.15) is 6.61 Å². The van der Waals surface area contributed by atoms with E-state index < -0.39 is 0 Å². The summed E-state index contributed by atoms with van der Waals surface area (Å²) in [6.07, 6.45) is 0. The van der Waals surface area contributed by atoms with Crippen LogP contribution in [-0.2, 0) is 9.53 Å². The first-order chi connectivity index (χ1) is 8.63. The number of carbonyl (C=O) groups is 1. The summed E-state index contributed by atoms with van der Waals surface area (Å²) in [6, 6.07) is 5.60. The van der Waals surface area contributed by atoms with Crippen molar-refractivity contribution in [2.45, 2.75) is 13.0 Å². The highest BCUT2D eigenvalue weighted by Gasteiger charge is 2.30. The highest BCUT2D eigenvalue weighted by Crippen LogP contribution is 2.26. The number of anilines is 1. The van der Waals surface area contributed by atoms with E-state index in [-0.39, 0.29) is 18.6 Å². The van der Waals surface area contributed by atoms with Crippen LogP contribution < -0.4 is 10.2 Å². The van der Waals surface area contributed by atoms with Crippen molar-refractivity contribution in [3.05, 3.63) is 28.8 Å². The Morgan fingerprint density at radius 2 is 2.33 bits per heavy atom. The molecule has 1 unspecified atom stereocenters. The van der Waals surface area contributed by atoms with Crippen LogP contribution in [0.3, 0.4) is 0 Å². The summed E-state index contributed by atoms with van der Waals surface area (Å²) < 4.78 is 5.30. The molecule has 1 N–H and O–H groups in total. The molecule has 1 aromatic carbocycles. The zero-order valence-corrected chi connectivity index (χ0v) is 11.3. The highest BCUT2D eigenvalue weighted by atomic mass is 35.5. The predicted octanol–water partition coefficient (Wildman–Crippen LogP) is 1.60. The van der Waals surface area contributed by atoms with E-state index in [1.54, 1.807) is 0 Å². The van der Waals surface area contributed by atoms with Crippen molar-refractivity contribution >= 4 is 23.2 Å². The van der Waals surface area contributed by atoms with Gasteiger partial charge >= 0.3 is 0 Å². The number of ether oxygens (including phenoxy) is 1. The van der Waals surface area contributed by atoms with E-state index in [4.69, 9.17) is 16.3 Å². The van der Waals surface area contributed by atoms with Gasteiger partial charge in [-0.1, -0.05) is 11.6 Å². The van der Waals surface area contributed by atoms with Gasteiger partial charge in [0.25, 0.3) is 5.91 Å². The zero-order valence-electron chi connectivity index (χ0n) is 10.6. The summed E-state index contributed by atoms with van der Waals surface area (Å²) in [5.74, 6) is -0.00748. The van der Waals surface area contributed by atoms with Gasteiger partial charge in [0, 0.05) is 17.3 Å². The monoisotopic (exact) mass is 268 g/mol. The third-order valence-electron chi connectivity index (χ3n) is 3.03. The second-order valence-electron chi connectivity index (χ2n) is 4.42. The van der Waals surface area contributed by atoms with Gasteiger partial charge in [-0.15, -0.1) is 0 Å². The highest BCUT2D eigenvalue weighted by molar-refractivity contribution is 6.30. The van der Waals surface area contributed by atoms with Crippen LogP contribution in [0.15, 0.2) is 18.2 Å². The normalized spacial score (nSPS) is 20.3. The summed E-state index contributed by atoms with van der Waals surface area (Å²) in [7, 11) is 1.87. The van der Waals surface area contributed by atoms with Gasteiger partial charge in [-0.2, -0.15) is 0 Å². The molecule has 1 saturated heterocycles. The predicted molar refractivity (Wildman–Crippen MR) is 72.2 cm³/mol. The zero-order chi connectivity index (χ0) is 13.1. The van der Waals surface area contributed by atoms with Crippen molar-refractivity contribution in [2.24, 2.45) is 0 Å². The van der Waals surface area contributed by atoms with E-state index in [9.17, 15) is 4.79 Å². The number of halogens is 1. The number of hydrogen-bond acceptors (Lipinski definition) is 3. The van der Waals surface area contributed by atoms with Crippen LogP contribution in [0.25, 0.3) is 0 Å². The molecule has 1 amide bonds. The average Bonchev–Trinajstić information content (AvgIpc) is 2.31. The number of hydrogen-bond donors (Lipinski definition) is 1. The topological polar surface area (TPSA) is 41.6 Å². The van der Waals surface area contributed by atoms with Crippen molar-refractivity contribution in [1.29, 1.82) is 0 Å². The number of morpholine rings is 1. The first kappa shape index (κ1) is 13.3. The van der Waals surface area contributed by atoms with E-state index in [1.807, 2.05) is 37.1 Å².